The van der Waals surface area contributed by atoms with Crippen LogP contribution in [0.5, 0.6) is 0 Å². The summed E-state index contributed by atoms with van der Waals surface area (Å²) in [5.74, 6) is 0. The van der Waals surface area contributed by atoms with E-state index in [1.807, 2.05) is 0 Å². The molecule has 19 heavy (non-hydrogen) atoms. The molecule has 1 aromatic carbocycles. The van der Waals surface area contributed by atoms with E-state index >= 15 is 0 Å². The van der Waals surface area contributed by atoms with Gasteiger partial charge in [-0.3, -0.25) is 4.90 Å². The first-order valence-corrected chi connectivity index (χ1v) is 7.75. The van der Waals surface area contributed by atoms with Gasteiger partial charge in [0.2, 0.25) is 0 Å². The fraction of sp³-hybridized carbons (Fsp3) is 0.647. The molecule has 2 heteroatoms. The predicted molar refractivity (Wildman–Crippen MR) is 82.4 cm³/mol. The van der Waals surface area contributed by atoms with Crippen molar-refractivity contribution in [2.45, 2.75) is 58.7 Å². The van der Waals surface area contributed by atoms with Crippen molar-refractivity contribution in [3.63, 3.8) is 0 Å². The molecule has 0 saturated carbocycles. The molecule has 0 aromatic heterocycles. The van der Waals surface area contributed by atoms with Crippen LogP contribution in [-0.4, -0.2) is 30.1 Å². The molecule has 1 aromatic rings. The van der Waals surface area contributed by atoms with Crippen LogP contribution in [-0.2, 0) is 13.0 Å². The highest BCUT2D eigenvalue weighted by Crippen LogP contribution is 2.16. The molecule has 0 amide bonds. The molecule has 0 bridgehead atoms. The molecule has 106 valence electrons. The minimum Gasteiger partial charge on any atom is -0.313 e. The molecular formula is C17H28N2. The van der Waals surface area contributed by atoms with Gasteiger partial charge in [-0.1, -0.05) is 31.2 Å². The fourth-order valence-electron chi connectivity index (χ4n) is 2.93. The van der Waals surface area contributed by atoms with E-state index in [2.05, 4.69) is 55.3 Å². The lowest BCUT2D eigenvalue weighted by molar-refractivity contribution is 0.193. The van der Waals surface area contributed by atoms with Crippen LogP contribution in [0.1, 0.15) is 44.7 Å². The zero-order valence-electron chi connectivity index (χ0n) is 12.7. The van der Waals surface area contributed by atoms with E-state index < -0.39 is 0 Å². The summed E-state index contributed by atoms with van der Waals surface area (Å²) in [6, 6.07) is 10.2. The first-order valence-electron chi connectivity index (χ1n) is 7.75. The maximum absolute atomic E-state index is 3.61. The Morgan fingerprint density at radius 3 is 2.58 bits per heavy atom. The standard InChI is InChI=1S/C17H28N2/c1-4-15-8-5-6-9-16(15)12-19(14(2)3)13-17-10-7-11-18-17/h5-6,8-9,14,17-18H,4,7,10-13H2,1-3H3. The lowest BCUT2D eigenvalue weighted by Gasteiger charge is -2.30. The monoisotopic (exact) mass is 260 g/mol. The van der Waals surface area contributed by atoms with Gasteiger partial charge in [-0.15, -0.1) is 0 Å². The molecule has 1 atom stereocenters. The van der Waals surface area contributed by atoms with Crippen LogP contribution in [0.15, 0.2) is 24.3 Å². The summed E-state index contributed by atoms with van der Waals surface area (Å²) in [6.45, 7) is 10.3. The first kappa shape index (κ1) is 14.5. The van der Waals surface area contributed by atoms with Gasteiger partial charge in [0.05, 0.1) is 0 Å². The van der Waals surface area contributed by atoms with Crippen molar-refractivity contribution in [3.8, 4) is 0 Å². The van der Waals surface area contributed by atoms with E-state index in [4.69, 9.17) is 0 Å². The fourth-order valence-corrected chi connectivity index (χ4v) is 2.93. The topological polar surface area (TPSA) is 15.3 Å². The van der Waals surface area contributed by atoms with E-state index in [1.165, 1.54) is 37.1 Å². The van der Waals surface area contributed by atoms with E-state index in [0.29, 0.717) is 12.1 Å². The molecule has 1 N–H and O–H groups in total. The van der Waals surface area contributed by atoms with Gasteiger partial charge < -0.3 is 5.32 Å². The smallest absolute Gasteiger partial charge is 0.0239 e. The zero-order valence-corrected chi connectivity index (χ0v) is 12.7. The van der Waals surface area contributed by atoms with Crippen molar-refractivity contribution >= 4 is 0 Å². The third-order valence-corrected chi connectivity index (χ3v) is 4.22. The van der Waals surface area contributed by atoms with Crippen molar-refractivity contribution < 1.29 is 0 Å². The van der Waals surface area contributed by atoms with Crippen molar-refractivity contribution in [1.82, 2.24) is 10.2 Å². The summed E-state index contributed by atoms with van der Waals surface area (Å²) in [4.78, 5) is 2.61. The molecule has 0 aliphatic carbocycles. The Balaban J connectivity index is 2.02. The Morgan fingerprint density at radius 1 is 1.26 bits per heavy atom. The highest BCUT2D eigenvalue weighted by molar-refractivity contribution is 5.27. The third kappa shape index (κ3) is 4.05. The molecule has 2 rings (SSSR count). The summed E-state index contributed by atoms with van der Waals surface area (Å²) in [7, 11) is 0. The van der Waals surface area contributed by atoms with Crippen molar-refractivity contribution in [2.24, 2.45) is 0 Å². The Labute approximate surface area is 118 Å². The van der Waals surface area contributed by atoms with E-state index in [0.717, 1.165) is 13.0 Å². The minimum absolute atomic E-state index is 0.604. The maximum atomic E-state index is 3.61. The lowest BCUT2D eigenvalue weighted by atomic mass is 10.0. The average molecular weight is 260 g/mol. The molecule has 1 unspecified atom stereocenters. The van der Waals surface area contributed by atoms with Gasteiger partial charge in [0.25, 0.3) is 0 Å². The summed E-state index contributed by atoms with van der Waals surface area (Å²) < 4.78 is 0. The summed E-state index contributed by atoms with van der Waals surface area (Å²) in [5, 5.41) is 3.61. The largest absolute Gasteiger partial charge is 0.313 e. The highest BCUT2D eigenvalue weighted by atomic mass is 15.2. The maximum Gasteiger partial charge on any atom is 0.0239 e. The highest BCUT2D eigenvalue weighted by Gasteiger charge is 2.20. The predicted octanol–water partition coefficient (Wildman–Crippen LogP) is 3.21. The first-order chi connectivity index (χ1) is 9.20. The van der Waals surface area contributed by atoms with E-state index in [9.17, 15) is 0 Å². The molecule has 0 spiro atoms. The molecule has 2 nitrogen and oxygen atoms in total. The van der Waals surface area contributed by atoms with Crippen LogP contribution >= 0.6 is 0 Å². The van der Waals surface area contributed by atoms with Crippen LogP contribution in [0, 0.1) is 0 Å². The number of nitrogens with one attached hydrogen (secondary N) is 1. The second-order valence-corrected chi connectivity index (χ2v) is 5.94. The Morgan fingerprint density at radius 2 is 2.00 bits per heavy atom. The van der Waals surface area contributed by atoms with Gasteiger partial charge in [0.15, 0.2) is 0 Å². The van der Waals surface area contributed by atoms with Crippen molar-refractivity contribution in [1.29, 1.82) is 0 Å². The van der Waals surface area contributed by atoms with Crippen LogP contribution in [0.3, 0.4) is 0 Å². The second kappa shape index (κ2) is 7.06. The van der Waals surface area contributed by atoms with E-state index in [-0.39, 0.29) is 0 Å². The van der Waals surface area contributed by atoms with Gasteiger partial charge >= 0.3 is 0 Å². The minimum atomic E-state index is 0.604. The zero-order chi connectivity index (χ0) is 13.7. The Kier molecular flexibility index (Phi) is 5.41. The summed E-state index contributed by atoms with van der Waals surface area (Å²) in [6.07, 6.45) is 3.80. The van der Waals surface area contributed by atoms with Crippen LogP contribution in [0.25, 0.3) is 0 Å². The SMILES string of the molecule is CCc1ccccc1CN(CC1CCCN1)C(C)C. The molecule has 1 heterocycles. The number of hydrogen-bond acceptors (Lipinski definition) is 2. The number of aryl methyl sites for hydroxylation is 1. The third-order valence-electron chi connectivity index (χ3n) is 4.22. The van der Waals surface area contributed by atoms with Gasteiger partial charge in [0.1, 0.15) is 0 Å². The molecule has 1 aliphatic rings. The summed E-state index contributed by atoms with van der Waals surface area (Å²) >= 11 is 0. The van der Waals surface area contributed by atoms with Crippen molar-refractivity contribution in [3.05, 3.63) is 35.4 Å². The van der Waals surface area contributed by atoms with Crippen LogP contribution in [0.4, 0.5) is 0 Å². The van der Waals surface area contributed by atoms with Crippen LogP contribution < -0.4 is 5.32 Å². The second-order valence-electron chi connectivity index (χ2n) is 5.94. The normalized spacial score (nSPS) is 19.5. The number of nitrogens with zero attached hydrogens (tertiary/aromatic N) is 1. The molecule has 0 radical (unpaired) electrons. The van der Waals surface area contributed by atoms with Gasteiger partial charge in [0, 0.05) is 25.2 Å². The van der Waals surface area contributed by atoms with Gasteiger partial charge in [-0.25, -0.2) is 0 Å². The van der Waals surface area contributed by atoms with E-state index in [1.54, 1.807) is 0 Å². The summed E-state index contributed by atoms with van der Waals surface area (Å²) in [5.41, 5.74) is 2.99. The van der Waals surface area contributed by atoms with Gasteiger partial charge in [-0.05, 0) is 50.8 Å². The Hall–Kier alpha value is -0.860. The lowest BCUT2D eigenvalue weighted by Crippen LogP contribution is -2.40. The quantitative estimate of drug-likeness (QED) is 0.845. The molecule has 1 fully saturated rings. The number of benzene rings is 1. The average Bonchev–Trinajstić information content (AvgIpc) is 2.91. The number of hydrogen-bond donors (Lipinski definition) is 1. The van der Waals surface area contributed by atoms with Crippen molar-refractivity contribution in [2.75, 3.05) is 13.1 Å². The molecule has 1 aliphatic heterocycles. The molecule has 1 saturated heterocycles. The van der Waals surface area contributed by atoms with Gasteiger partial charge in [-0.2, -0.15) is 0 Å². The number of rotatable bonds is 6. The van der Waals surface area contributed by atoms with Crippen LogP contribution in [0.2, 0.25) is 0 Å². The molecular weight excluding hydrogens is 232 g/mol. The Bertz CT molecular complexity index is 381.